The normalized spacial score (nSPS) is 14.6. The number of likely N-dealkylation sites (N-methyl/N-ethyl adjacent to an activating group) is 1. The number of rotatable bonds is 37. The molecule has 9 heteroatoms. The number of carbonyl (C=O) groups is 1. The van der Waals surface area contributed by atoms with Crippen molar-refractivity contribution in [1.82, 2.24) is 5.32 Å². The van der Waals surface area contributed by atoms with E-state index < -0.39 is 20.0 Å². The first kappa shape index (κ1) is 47.5. The molecule has 0 spiro atoms. The van der Waals surface area contributed by atoms with E-state index in [1.165, 1.54) is 128 Å². The van der Waals surface area contributed by atoms with E-state index in [2.05, 4.69) is 19.2 Å². The molecule has 0 saturated carbocycles. The standard InChI is InChI=1S/C39H81N2O6P/c1-6-8-10-11-12-13-14-15-16-17-18-19-20-21-22-23-24-25-26-27-28-29-31-32-38(42)37(40-39(43)33-30-9-7-2)36-47-48(44,45)46-35-34-41(3,4)5/h37-38,42H,6-36H2,1-5H3,(H-,40,43,44,45)/p+1. The third kappa shape index (κ3) is 34.0. The lowest BCUT2D eigenvalue weighted by molar-refractivity contribution is -0.870. The molecule has 0 radical (unpaired) electrons. The van der Waals surface area contributed by atoms with E-state index in [1.807, 2.05) is 21.1 Å². The highest BCUT2D eigenvalue weighted by Crippen LogP contribution is 2.43. The molecule has 0 fully saturated rings. The van der Waals surface area contributed by atoms with Crippen LogP contribution < -0.4 is 5.32 Å². The van der Waals surface area contributed by atoms with Gasteiger partial charge in [-0.05, 0) is 12.8 Å². The van der Waals surface area contributed by atoms with Crippen LogP contribution >= 0.6 is 7.82 Å². The van der Waals surface area contributed by atoms with Gasteiger partial charge in [-0.25, -0.2) is 4.57 Å². The van der Waals surface area contributed by atoms with Crippen molar-refractivity contribution in [3.8, 4) is 0 Å². The third-order valence-electron chi connectivity index (χ3n) is 9.36. The lowest BCUT2D eigenvalue weighted by Crippen LogP contribution is -2.46. The van der Waals surface area contributed by atoms with Crippen molar-refractivity contribution in [1.29, 1.82) is 0 Å². The number of nitrogens with zero attached hydrogens (tertiary/aromatic N) is 1. The van der Waals surface area contributed by atoms with Crippen LogP contribution in [-0.2, 0) is 18.4 Å². The first-order valence-corrected chi connectivity index (χ1v) is 21.9. The maximum atomic E-state index is 12.5. The average molecular weight is 706 g/mol. The Morgan fingerprint density at radius 3 is 1.40 bits per heavy atom. The summed E-state index contributed by atoms with van der Waals surface area (Å²) in [6.07, 6.45) is 33.6. The average Bonchev–Trinajstić information content (AvgIpc) is 3.02. The van der Waals surface area contributed by atoms with Crippen molar-refractivity contribution < 1.29 is 32.9 Å². The molecule has 0 aliphatic rings. The Morgan fingerprint density at radius 2 is 1.00 bits per heavy atom. The highest BCUT2D eigenvalue weighted by Gasteiger charge is 2.28. The molecule has 0 saturated heterocycles. The SMILES string of the molecule is CCCCCCCCCCCCCCCCCCCCCCCCCC(O)C(COP(=O)(O)OCC[N+](C)(C)C)NC(=O)CCCCC. The topological polar surface area (TPSA) is 105 Å². The molecule has 0 aromatic carbocycles. The first-order valence-electron chi connectivity index (χ1n) is 20.4. The number of nitrogens with one attached hydrogen (secondary N) is 1. The minimum atomic E-state index is -4.28. The van der Waals surface area contributed by atoms with Crippen LogP contribution in [0.2, 0.25) is 0 Å². The summed E-state index contributed by atoms with van der Waals surface area (Å²) < 4.78 is 23.3. The Kier molecular flexibility index (Phi) is 32.1. The molecular formula is C39H82N2O6P+. The molecule has 288 valence electrons. The Hall–Kier alpha value is -0.500. The third-order valence-corrected chi connectivity index (χ3v) is 10.3. The number of hydrogen-bond acceptors (Lipinski definition) is 5. The molecule has 0 aromatic rings. The first-order chi connectivity index (χ1) is 23.0. The fraction of sp³-hybridized carbons (Fsp3) is 0.974. The molecule has 48 heavy (non-hydrogen) atoms. The zero-order valence-electron chi connectivity index (χ0n) is 32.5. The van der Waals surface area contributed by atoms with Crippen LogP contribution in [0.15, 0.2) is 0 Å². The van der Waals surface area contributed by atoms with Gasteiger partial charge in [0.15, 0.2) is 0 Å². The van der Waals surface area contributed by atoms with Gasteiger partial charge in [-0.1, -0.05) is 174 Å². The molecule has 0 aliphatic carbocycles. The van der Waals surface area contributed by atoms with E-state index in [9.17, 15) is 19.4 Å². The summed E-state index contributed by atoms with van der Waals surface area (Å²) in [5.74, 6) is -0.167. The van der Waals surface area contributed by atoms with Crippen LogP contribution in [0.25, 0.3) is 0 Å². The van der Waals surface area contributed by atoms with Crippen LogP contribution in [-0.4, -0.2) is 73.4 Å². The molecule has 0 aromatic heterocycles. The van der Waals surface area contributed by atoms with E-state index in [4.69, 9.17) is 9.05 Å². The van der Waals surface area contributed by atoms with Crippen LogP contribution in [0.1, 0.15) is 194 Å². The molecule has 0 heterocycles. The lowest BCUT2D eigenvalue weighted by Gasteiger charge is -2.26. The summed E-state index contributed by atoms with van der Waals surface area (Å²) in [5, 5.41) is 13.7. The smallest absolute Gasteiger partial charge is 0.391 e. The molecule has 8 nitrogen and oxygen atoms in total. The summed E-state index contributed by atoms with van der Waals surface area (Å²) in [5.41, 5.74) is 0. The van der Waals surface area contributed by atoms with Crippen LogP contribution in [0.3, 0.4) is 0 Å². The van der Waals surface area contributed by atoms with Crippen molar-refractivity contribution in [3.63, 3.8) is 0 Å². The fourth-order valence-corrected chi connectivity index (χ4v) is 6.78. The number of quaternary nitrogens is 1. The number of unbranched alkanes of at least 4 members (excludes halogenated alkanes) is 24. The van der Waals surface area contributed by atoms with Gasteiger partial charge in [0.2, 0.25) is 5.91 Å². The second-order valence-electron chi connectivity index (χ2n) is 15.4. The van der Waals surface area contributed by atoms with E-state index in [0.717, 1.165) is 38.5 Å². The molecule has 0 bridgehead atoms. The highest BCUT2D eigenvalue weighted by atomic mass is 31.2. The minimum absolute atomic E-state index is 0.0768. The summed E-state index contributed by atoms with van der Waals surface area (Å²) in [7, 11) is 1.62. The second kappa shape index (κ2) is 32.4. The predicted molar refractivity (Wildman–Crippen MR) is 203 cm³/mol. The van der Waals surface area contributed by atoms with Crippen molar-refractivity contribution in [3.05, 3.63) is 0 Å². The van der Waals surface area contributed by atoms with E-state index in [1.54, 1.807) is 0 Å². The van der Waals surface area contributed by atoms with Crippen molar-refractivity contribution in [2.45, 2.75) is 206 Å². The van der Waals surface area contributed by atoms with Crippen LogP contribution in [0.5, 0.6) is 0 Å². The number of aliphatic hydroxyl groups is 1. The molecule has 0 aliphatic heterocycles. The van der Waals surface area contributed by atoms with E-state index in [0.29, 0.717) is 23.9 Å². The zero-order valence-corrected chi connectivity index (χ0v) is 33.4. The lowest BCUT2D eigenvalue weighted by atomic mass is 10.0. The number of phosphoric acid groups is 1. The van der Waals surface area contributed by atoms with Gasteiger partial charge in [0.05, 0.1) is 39.9 Å². The Labute approximate surface area is 298 Å². The molecular weight excluding hydrogens is 623 g/mol. The monoisotopic (exact) mass is 706 g/mol. The number of aliphatic hydroxyl groups excluding tert-OH is 1. The maximum absolute atomic E-state index is 12.5. The molecule has 0 rings (SSSR count). The summed E-state index contributed by atoms with van der Waals surface area (Å²) in [4.78, 5) is 22.6. The van der Waals surface area contributed by atoms with Crippen LogP contribution in [0.4, 0.5) is 0 Å². The van der Waals surface area contributed by atoms with Gasteiger partial charge in [-0.15, -0.1) is 0 Å². The van der Waals surface area contributed by atoms with Crippen LogP contribution in [0, 0.1) is 0 Å². The molecule has 3 atom stereocenters. The quantitative estimate of drug-likeness (QED) is 0.0338. The summed E-state index contributed by atoms with van der Waals surface area (Å²) in [6, 6.07) is -0.749. The maximum Gasteiger partial charge on any atom is 0.472 e. The largest absolute Gasteiger partial charge is 0.472 e. The van der Waals surface area contributed by atoms with Crippen molar-refractivity contribution in [2.75, 3.05) is 40.9 Å². The van der Waals surface area contributed by atoms with Crippen molar-refractivity contribution in [2.24, 2.45) is 0 Å². The van der Waals surface area contributed by atoms with Gasteiger partial charge >= 0.3 is 7.82 Å². The predicted octanol–water partition coefficient (Wildman–Crippen LogP) is 10.6. The van der Waals surface area contributed by atoms with E-state index >= 15 is 0 Å². The minimum Gasteiger partial charge on any atom is -0.391 e. The summed E-state index contributed by atoms with van der Waals surface area (Å²) in [6.45, 7) is 4.73. The molecule has 3 N–H and O–H groups in total. The van der Waals surface area contributed by atoms with Gasteiger partial charge in [0.1, 0.15) is 13.2 Å². The number of amides is 1. The number of carbonyl (C=O) groups excluding carboxylic acids is 1. The number of hydrogen-bond donors (Lipinski definition) is 3. The Balaban J connectivity index is 3.94. The molecule has 3 unspecified atom stereocenters. The Morgan fingerprint density at radius 1 is 0.625 bits per heavy atom. The highest BCUT2D eigenvalue weighted by molar-refractivity contribution is 7.47. The Bertz CT molecular complexity index is 763. The second-order valence-corrected chi connectivity index (χ2v) is 16.8. The van der Waals surface area contributed by atoms with Crippen molar-refractivity contribution >= 4 is 13.7 Å². The summed E-state index contributed by atoms with van der Waals surface area (Å²) >= 11 is 0. The van der Waals surface area contributed by atoms with Gasteiger partial charge in [0.25, 0.3) is 0 Å². The van der Waals surface area contributed by atoms with Gasteiger partial charge in [0, 0.05) is 6.42 Å². The molecule has 1 amide bonds. The van der Waals surface area contributed by atoms with Gasteiger partial charge in [-0.2, -0.15) is 0 Å². The number of phosphoric ester groups is 1. The fourth-order valence-electron chi connectivity index (χ4n) is 6.05. The van der Waals surface area contributed by atoms with E-state index in [-0.39, 0.29) is 19.1 Å². The van der Waals surface area contributed by atoms with Gasteiger partial charge in [-0.3, -0.25) is 13.8 Å². The zero-order chi connectivity index (χ0) is 35.8. The van der Waals surface area contributed by atoms with Gasteiger partial charge < -0.3 is 19.8 Å².